The van der Waals surface area contributed by atoms with Crippen molar-refractivity contribution < 1.29 is 4.79 Å². The number of carbonyl (C=O) groups is 1. The Bertz CT molecular complexity index is 363. The van der Waals surface area contributed by atoms with Gasteiger partial charge in [0, 0.05) is 20.3 Å². The van der Waals surface area contributed by atoms with Crippen molar-refractivity contribution in [3.05, 3.63) is 23.9 Å². The molecule has 0 bridgehead atoms. The Kier molecular flexibility index (Phi) is 3.02. The van der Waals surface area contributed by atoms with E-state index in [1.165, 1.54) is 11.1 Å². The Morgan fingerprint density at radius 3 is 2.71 bits per heavy atom. The minimum absolute atomic E-state index is 0.248. The van der Waals surface area contributed by atoms with E-state index in [0.29, 0.717) is 11.4 Å². The molecule has 0 unspecified atom stereocenters. The fraction of sp³-hybridized carbons (Fsp3) is 0.222. The Morgan fingerprint density at radius 2 is 2.29 bits per heavy atom. The minimum atomic E-state index is -0.248. The van der Waals surface area contributed by atoms with Gasteiger partial charge in [0.15, 0.2) is 0 Å². The molecule has 1 heterocycles. The molecule has 0 saturated heterocycles. The molecule has 1 rings (SSSR count). The summed E-state index contributed by atoms with van der Waals surface area (Å²) in [5.41, 5.74) is 0.466. The summed E-state index contributed by atoms with van der Waals surface area (Å²) in [6, 6.07) is 4.88. The van der Waals surface area contributed by atoms with Crippen molar-refractivity contribution in [3.8, 4) is 6.07 Å². The highest BCUT2D eigenvalue weighted by Gasteiger charge is 2.03. The maximum Gasteiger partial charge on any atom is 0.322 e. The fourth-order valence-electron chi connectivity index (χ4n) is 0.755. The van der Waals surface area contributed by atoms with Gasteiger partial charge >= 0.3 is 6.03 Å². The maximum absolute atomic E-state index is 11.2. The van der Waals surface area contributed by atoms with Crippen LogP contribution in [0.5, 0.6) is 0 Å². The lowest BCUT2D eigenvalue weighted by molar-refractivity contribution is 0.230. The van der Waals surface area contributed by atoms with Crippen LogP contribution >= 0.6 is 0 Å². The van der Waals surface area contributed by atoms with Crippen LogP contribution in [0.3, 0.4) is 0 Å². The van der Waals surface area contributed by atoms with Crippen molar-refractivity contribution in [1.29, 1.82) is 5.26 Å². The monoisotopic (exact) mass is 190 g/mol. The molecule has 1 aromatic rings. The van der Waals surface area contributed by atoms with E-state index < -0.39 is 0 Å². The van der Waals surface area contributed by atoms with Gasteiger partial charge in [0.05, 0.1) is 5.56 Å². The van der Waals surface area contributed by atoms with Crippen LogP contribution in [0.2, 0.25) is 0 Å². The Labute approximate surface area is 82.0 Å². The van der Waals surface area contributed by atoms with Gasteiger partial charge in [-0.15, -0.1) is 0 Å². The van der Waals surface area contributed by atoms with Crippen LogP contribution in [0.1, 0.15) is 5.56 Å². The molecule has 0 aromatic carbocycles. The number of anilines is 1. The number of carbonyl (C=O) groups excluding carboxylic acids is 1. The molecule has 0 atom stereocenters. The van der Waals surface area contributed by atoms with Crippen LogP contribution in [0.4, 0.5) is 10.6 Å². The lowest BCUT2D eigenvalue weighted by atomic mass is 10.3. The van der Waals surface area contributed by atoms with Crippen LogP contribution in [-0.4, -0.2) is 30.0 Å². The van der Waals surface area contributed by atoms with Gasteiger partial charge in [0.2, 0.25) is 0 Å². The Balaban J connectivity index is 2.70. The standard InChI is InChI=1S/C9H10N4O/c1-13(2)9(14)12-8-4-3-7(5-10)6-11-8/h3-4,6H,1-2H3,(H,11,12,14). The first-order valence-electron chi connectivity index (χ1n) is 3.98. The molecule has 0 spiro atoms. The van der Waals surface area contributed by atoms with Crippen LogP contribution in [-0.2, 0) is 0 Å². The highest BCUT2D eigenvalue weighted by Crippen LogP contribution is 2.04. The Hall–Kier alpha value is -2.09. The lowest BCUT2D eigenvalue weighted by Crippen LogP contribution is -2.27. The summed E-state index contributed by atoms with van der Waals surface area (Å²) >= 11 is 0. The molecule has 2 amide bonds. The van der Waals surface area contributed by atoms with E-state index in [1.807, 2.05) is 6.07 Å². The molecule has 1 aromatic heterocycles. The van der Waals surface area contributed by atoms with Gasteiger partial charge in [-0.1, -0.05) is 0 Å². The molecule has 0 saturated carbocycles. The van der Waals surface area contributed by atoms with Crippen molar-refractivity contribution >= 4 is 11.8 Å². The van der Waals surface area contributed by atoms with E-state index >= 15 is 0 Å². The van der Waals surface area contributed by atoms with E-state index in [4.69, 9.17) is 5.26 Å². The largest absolute Gasteiger partial charge is 0.331 e. The summed E-state index contributed by atoms with van der Waals surface area (Å²) in [7, 11) is 3.28. The first-order chi connectivity index (χ1) is 6.63. The number of urea groups is 1. The van der Waals surface area contributed by atoms with Crippen molar-refractivity contribution in [2.45, 2.75) is 0 Å². The van der Waals surface area contributed by atoms with Crippen molar-refractivity contribution in [3.63, 3.8) is 0 Å². The molecule has 0 aliphatic carbocycles. The van der Waals surface area contributed by atoms with E-state index in [9.17, 15) is 4.79 Å². The van der Waals surface area contributed by atoms with Gasteiger partial charge in [-0.3, -0.25) is 5.32 Å². The molecule has 72 valence electrons. The number of nitrogens with one attached hydrogen (secondary N) is 1. The molecule has 0 radical (unpaired) electrons. The second-order valence-electron chi connectivity index (χ2n) is 2.87. The number of amides is 2. The average molecular weight is 190 g/mol. The molecule has 14 heavy (non-hydrogen) atoms. The SMILES string of the molecule is CN(C)C(=O)Nc1ccc(C#N)cn1. The highest BCUT2D eigenvalue weighted by atomic mass is 16.2. The minimum Gasteiger partial charge on any atom is -0.331 e. The molecule has 0 aliphatic heterocycles. The van der Waals surface area contributed by atoms with Gasteiger partial charge in [-0.05, 0) is 12.1 Å². The average Bonchev–Trinajstić information content (AvgIpc) is 2.19. The number of nitrogens with zero attached hydrogens (tertiary/aromatic N) is 3. The van der Waals surface area contributed by atoms with Gasteiger partial charge in [0.1, 0.15) is 11.9 Å². The van der Waals surface area contributed by atoms with E-state index in [1.54, 1.807) is 26.2 Å². The first kappa shape index (κ1) is 9.99. The zero-order valence-corrected chi connectivity index (χ0v) is 7.98. The molecule has 5 nitrogen and oxygen atoms in total. The van der Waals surface area contributed by atoms with Crippen molar-refractivity contribution in [1.82, 2.24) is 9.88 Å². The molecule has 0 fully saturated rings. The van der Waals surface area contributed by atoms with Crippen molar-refractivity contribution in [2.24, 2.45) is 0 Å². The number of hydrogen-bond acceptors (Lipinski definition) is 3. The summed E-state index contributed by atoms with van der Waals surface area (Å²) in [4.78, 5) is 16.5. The topological polar surface area (TPSA) is 69.0 Å². The molecular weight excluding hydrogens is 180 g/mol. The predicted molar refractivity (Wildman–Crippen MR) is 51.7 cm³/mol. The van der Waals surface area contributed by atoms with Crippen molar-refractivity contribution in [2.75, 3.05) is 19.4 Å². The van der Waals surface area contributed by atoms with E-state index in [2.05, 4.69) is 10.3 Å². The van der Waals surface area contributed by atoms with Crippen LogP contribution in [0.15, 0.2) is 18.3 Å². The smallest absolute Gasteiger partial charge is 0.322 e. The molecular formula is C9H10N4O. The number of rotatable bonds is 1. The fourth-order valence-corrected chi connectivity index (χ4v) is 0.755. The maximum atomic E-state index is 11.2. The molecule has 0 aliphatic rings. The number of hydrogen-bond donors (Lipinski definition) is 1. The second-order valence-corrected chi connectivity index (χ2v) is 2.87. The van der Waals surface area contributed by atoms with Gasteiger partial charge in [-0.25, -0.2) is 9.78 Å². The van der Waals surface area contributed by atoms with E-state index in [0.717, 1.165) is 0 Å². The highest BCUT2D eigenvalue weighted by molar-refractivity contribution is 5.87. The number of aromatic nitrogens is 1. The van der Waals surface area contributed by atoms with Crippen LogP contribution in [0.25, 0.3) is 0 Å². The third kappa shape index (κ3) is 2.45. The van der Waals surface area contributed by atoms with Gasteiger partial charge < -0.3 is 4.90 Å². The summed E-state index contributed by atoms with van der Waals surface area (Å²) in [5.74, 6) is 0.433. The third-order valence-corrected chi connectivity index (χ3v) is 1.53. The normalized spacial score (nSPS) is 8.93. The van der Waals surface area contributed by atoms with Crippen LogP contribution < -0.4 is 5.32 Å². The summed E-state index contributed by atoms with van der Waals surface area (Å²) in [5, 5.41) is 11.1. The molecule has 5 heteroatoms. The lowest BCUT2D eigenvalue weighted by Gasteiger charge is -2.10. The second kappa shape index (κ2) is 4.23. The van der Waals surface area contributed by atoms with E-state index in [-0.39, 0.29) is 6.03 Å². The molecule has 1 N–H and O–H groups in total. The zero-order chi connectivity index (χ0) is 10.6. The predicted octanol–water partition coefficient (Wildman–Crippen LogP) is 1.05. The number of nitriles is 1. The Morgan fingerprint density at radius 1 is 1.57 bits per heavy atom. The first-order valence-corrected chi connectivity index (χ1v) is 3.98. The number of pyridine rings is 1. The van der Waals surface area contributed by atoms with Gasteiger partial charge in [-0.2, -0.15) is 5.26 Å². The quantitative estimate of drug-likeness (QED) is 0.719. The van der Waals surface area contributed by atoms with Gasteiger partial charge in [0.25, 0.3) is 0 Å². The summed E-state index contributed by atoms with van der Waals surface area (Å²) < 4.78 is 0. The summed E-state index contributed by atoms with van der Waals surface area (Å²) in [6.45, 7) is 0. The third-order valence-electron chi connectivity index (χ3n) is 1.53. The summed E-state index contributed by atoms with van der Waals surface area (Å²) in [6.07, 6.45) is 1.41. The van der Waals surface area contributed by atoms with Crippen LogP contribution in [0, 0.1) is 11.3 Å². The zero-order valence-electron chi connectivity index (χ0n) is 7.98.